The van der Waals surface area contributed by atoms with E-state index in [1.54, 1.807) is 0 Å². The van der Waals surface area contributed by atoms with Crippen molar-refractivity contribution in [2.75, 3.05) is 13.2 Å². The SMILES string of the molecule is CC(C)(CCO)NC(=O)CCCNC(=O)C(C)(C)C. The molecule has 5 nitrogen and oxygen atoms in total. The number of aliphatic hydroxyl groups excluding tert-OH is 1. The fourth-order valence-corrected chi connectivity index (χ4v) is 1.50. The van der Waals surface area contributed by atoms with Crippen molar-refractivity contribution in [2.45, 2.75) is 59.4 Å². The molecule has 5 heteroatoms. The summed E-state index contributed by atoms with van der Waals surface area (Å²) in [5.41, 5.74) is -0.786. The number of carbonyl (C=O) groups is 2. The van der Waals surface area contributed by atoms with Gasteiger partial charge in [0.15, 0.2) is 0 Å². The Kier molecular flexibility index (Phi) is 7.05. The third-order valence-electron chi connectivity index (χ3n) is 2.76. The number of hydrogen-bond acceptors (Lipinski definition) is 3. The third kappa shape index (κ3) is 8.59. The summed E-state index contributed by atoms with van der Waals surface area (Å²) in [6, 6.07) is 0. The van der Waals surface area contributed by atoms with Gasteiger partial charge in [0.2, 0.25) is 11.8 Å². The van der Waals surface area contributed by atoms with Gasteiger partial charge >= 0.3 is 0 Å². The lowest BCUT2D eigenvalue weighted by atomic mass is 9.96. The predicted octanol–water partition coefficient (Wildman–Crippen LogP) is 1.21. The fourth-order valence-electron chi connectivity index (χ4n) is 1.50. The van der Waals surface area contributed by atoms with Crippen LogP contribution in [0.3, 0.4) is 0 Å². The summed E-state index contributed by atoms with van der Waals surface area (Å²) in [5.74, 6) is -0.0584. The van der Waals surface area contributed by atoms with Crippen LogP contribution in [-0.4, -0.2) is 35.6 Å². The van der Waals surface area contributed by atoms with Crippen molar-refractivity contribution < 1.29 is 14.7 Å². The lowest BCUT2D eigenvalue weighted by Gasteiger charge is -2.25. The molecule has 0 aromatic heterocycles. The highest BCUT2D eigenvalue weighted by Gasteiger charge is 2.21. The van der Waals surface area contributed by atoms with Crippen LogP contribution in [0.15, 0.2) is 0 Å². The minimum absolute atomic E-state index is 0.00600. The molecule has 0 aromatic rings. The molecule has 0 atom stereocenters. The zero-order valence-electron chi connectivity index (χ0n) is 12.8. The summed E-state index contributed by atoms with van der Waals surface area (Å²) in [7, 11) is 0. The van der Waals surface area contributed by atoms with E-state index >= 15 is 0 Å². The summed E-state index contributed by atoms with van der Waals surface area (Å²) in [6.45, 7) is 9.87. The van der Waals surface area contributed by atoms with Crippen LogP contribution in [0.2, 0.25) is 0 Å². The molecule has 0 heterocycles. The maximum absolute atomic E-state index is 11.7. The van der Waals surface area contributed by atoms with Crippen molar-refractivity contribution in [1.82, 2.24) is 10.6 Å². The van der Waals surface area contributed by atoms with Crippen LogP contribution in [0.4, 0.5) is 0 Å². The molecule has 0 aliphatic rings. The van der Waals surface area contributed by atoms with E-state index in [9.17, 15) is 9.59 Å². The van der Waals surface area contributed by atoms with E-state index in [2.05, 4.69) is 10.6 Å². The first kappa shape index (κ1) is 17.9. The molecule has 19 heavy (non-hydrogen) atoms. The Labute approximate surface area is 116 Å². The molecule has 112 valence electrons. The molecule has 2 amide bonds. The van der Waals surface area contributed by atoms with E-state index < -0.39 is 5.41 Å². The Hall–Kier alpha value is -1.10. The molecular weight excluding hydrogens is 244 g/mol. The van der Waals surface area contributed by atoms with Crippen LogP contribution >= 0.6 is 0 Å². The van der Waals surface area contributed by atoms with Crippen LogP contribution in [0.5, 0.6) is 0 Å². The zero-order valence-corrected chi connectivity index (χ0v) is 12.8. The molecule has 0 saturated heterocycles. The first-order valence-corrected chi connectivity index (χ1v) is 6.79. The van der Waals surface area contributed by atoms with E-state index in [-0.39, 0.29) is 24.0 Å². The first-order chi connectivity index (χ1) is 8.58. The second-order valence-electron chi connectivity index (χ2n) is 6.52. The lowest BCUT2D eigenvalue weighted by Crippen LogP contribution is -2.44. The standard InChI is InChI=1S/C14H28N2O3/c1-13(2,3)12(19)15-9-6-7-11(18)16-14(4,5)8-10-17/h17H,6-10H2,1-5H3,(H,15,19)(H,16,18). The van der Waals surface area contributed by atoms with E-state index in [1.807, 2.05) is 34.6 Å². The first-order valence-electron chi connectivity index (χ1n) is 6.79. The van der Waals surface area contributed by atoms with Gasteiger partial charge in [-0.15, -0.1) is 0 Å². The van der Waals surface area contributed by atoms with Gasteiger partial charge in [-0.2, -0.15) is 0 Å². The molecule has 0 bridgehead atoms. The zero-order chi connectivity index (χ0) is 15.1. The fraction of sp³-hybridized carbons (Fsp3) is 0.857. The Morgan fingerprint density at radius 3 is 2.16 bits per heavy atom. The summed E-state index contributed by atoms with van der Waals surface area (Å²) in [5, 5.41) is 14.5. The number of rotatable bonds is 7. The van der Waals surface area contributed by atoms with E-state index in [0.717, 1.165) is 0 Å². The average molecular weight is 272 g/mol. The molecule has 0 rings (SSSR count). The summed E-state index contributed by atoms with van der Waals surface area (Å²) in [4.78, 5) is 23.3. The molecule has 0 aliphatic carbocycles. The molecule has 0 radical (unpaired) electrons. The topological polar surface area (TPSA) is 78.4 Å². The second-order valence-corrected chi connectivity index (χ2v) is 6.52. The van der Waals surface area contributed by atoms with Crippen molar-refractivity contribution >= 4 is 11.8 Å². The van der Waals surface area contributed by atoms with Gasteiger partial charge in [0.05, 0.1) is 0 Å². The lowest BCUT2D eigenvalue weighted by molar-refractivity contribution is -0.129. The summed E-state index contributed by atoms with van der Waals surface area (Å²) < 4.78 is 0. The number of hydrogen-bond donors (Lipinski definition) is 3. The van der Waals surface area contributed by atoms with Crippen LogP contribution in [0.1, 0.15) is 53.9 Å². The van der Waals surface area contributed by atoms with Gasteiger partial charge < -0.3 is 15.7 Å². The van der Waals surface area contributed by atoms with Crippen molar-refractivity contribution in [3.05, 3.63) is 0 Å². The monoisotopic (exact) mass is 272 g/mol. The highest BCUT2D eigenvalue weighted by atomic mass is 16.3. The number of aliphatic hydroxyl groups is 1. The Morgan fingerprint density at radius 2 is 1.68 bits per heavy atom. The van der Waals surface area contributed by atoms with Crippen LogP contribution in [-0.2, 0) is 9.59 Å². The molecule has 0 saturated carbocycles. The smallest absolute Gasteiger partial charge is 0.225 e. The van der Waals surface area contributed by atoms with Crippen molar-refractivity contribution in [3.63, 3.8) is 0 Å². The normalized spacial score (nSPS) is 12.1. The molecule has 3 N–H and O–H groups in total. The minimum atomic E-state index is -0.397. The maximum Gasteiger partial charge on any atom is 0.225 e. The van der Waals surface area contributed by atoms with E-state index in [0.29, 0.717) is 25.8 Å². The molecule has 0 aliphatic heterocycles. The number of amides is 2. The molecule has 0 spiro atoms. The quantitative estimate of drug-likeness (QED) is 0.609. The van der Waals surface area contributed by atoms with Gasteiger partial charge in [0, 0.05) is 30.5 Å². The summed E-state index contributed by atoms with van der Waals surface area (Å²) in [6.07, 6.45) is 1.52. The molecular formula is C14H28N2O3. The predicted molar refractivity (Wildman–Crippen MR) is 75.6 cm³/mol. The van der Waals surface area contributed by atoms with Crippen LogP contribution < -0.4 is 10.6 Å². The van der Waals surface area contributed by atoms with Gasteiger partial charge in [-0.05, 0) is 26.7 Å². The minimum Gasteiger partial charge on any atom is -0.396 e. The Bertz CT molecular complexity index is 306. The number of carbonyl (C=O) groups excluding carboxylic acids is 2. The van der Waals surface area contributed by atoms with Gasteiger partial charge in [-0.3, -0.25) is 9.59 Å². The largest absolute Gasteiger partial charge is 0.396 e. The Morgan fingerprint density at radius 1 is 1.11 bits per heavy atom. The van der Waals surface area contributed by atoms with Gasteiger partial charge in [0.25, 0.3) is 0 Å². The molecule has 0 fully saturated rings. The number of nitrogens with one attached hydrogen (secondary N) is 2. The van der Waals surface area contributed by atoms with E-state index in [1.165, 1.54) is 0 Å². The highest BCUT2D eigenvalue weighted by Crippen LogP contribution is 2.12. The molecule has 0 unspecified atom stereocenters. The van der Waals surface area contributed by atoms with Gasteiger partial charge in [0.1, 0.15) is 0 Å². The molecule has 0 aromatic carbocycles. The van der Waals surface area contributed by atoms with Crippen molar-refractivity contribution in [2.24, 2.45) is 5.41 Å². The van der Waals surface area contributed by atoms with Crippen molar-refractivity contribution in [1.29, 1.82) is 0 Å². The summed E-state index contributed by atoms with van der Waals surface area (Å²) >= 11 is 0. The second kappa shape index (κ2) is 7.48. The van der Waals surface area contributed by atoms with Crippen molar-refractivity contribution in [3.8, 4) is 0 Å². The highest BCUT2D eigenvalue weighted by molar-refractivity contribution is 5.81. The average Bonchev–Trinajstić information content (AvgIpc) is 2.21. The van der Waals surface area contributed by atoms with Gasteiger partial charge in [-0.25, -0.2) is 0 Å². The maximum atomic E-state index is 11.7. The third-order valence-corrected chi connectivity index (χ3v) is 2.76. The Balaban J connectivity index is 3.85. The van der Waals surface area contributed by atoms with E-state index in [4.69, 9.17) is 5.11 Å². The van der Waals surface area contributed by atoms with Gasteiger partial charge in [-0.1, -0.05) is 20.8 Å². The van der Waals surface area contributed by atoms with Crippen LogP contribution in [0.25, 0.3) is 0 Å². The van der Waals surface area contributed by atoms with Crippen LogP contribution in [0, 0.1) is 5.41 Å².